The molecule has 0 saturated heterocycles. The Kier molecular flexibility index (Phi) is 8.14. The molecule has 2 unspecified atom stereocenters. The maximum absolute atomic E-state index is 9.15. The SMILES string of the molecule is CCCOP(O)OCC(C)CC. The summed E-state index contributed by atoms with van der Waals surface area (Å²) >= 11 is 0. The normalized spacial score (nSPS) is 16.0. The van der Waals surface area contributed by atoms with Gasteiger partial charge in [-0.3, -0.25) is 0 Å². The summed E-state index contributed by atoms with van der Waals surface area (Å²) in [5.74, 6) is 0.493. The first-order valence-corrected chi connectivity index (χ1v) is 5.58. The zero-order valence-electron chi connectivity index (χ0n) is 8.12. The van der Waals surface area contributed by atoms with Crippen LogP contribution in [-0.4, -0.2) is 18.1 Å². The first kappa shape index (κ1) is 12.3. The van der Waals surface area contributed by atoms with Crippen LogP contribution in [0.3, 0.4) is 0 Å². The van der Waals surface area contributed by atoms with Crippen molar-refractivity contribution in [3.8, 4) is 0 Å². The van der Waals surface area contributed by atoms with Crippen molar-refractivity contribution in [3.05, 3.63) is 0 Å². The van der Waals surface area contributed by atoms with E-state index in [0.717, 1.165) is 12.8 Å². The van der Waals surface area contributed by atoms with Crippen LogP contribution < -0.4 is 0 Å². The molecule has 0 aliphatic rings. The molecule has 0 fully saturated rings. The quantitative estimate of drug-likeness (QED) is 0.633. The molecule has 0 aromatic carbocycles. The monoisotopic (exact) mass is 194 g/mol. The predicted molar refractivity (Wildman–Crippen MR) is 50.8 cm³/mol. The van der Waals surface area contributed by atoms with Crippen molar-refractivity contribution in [1.29, 1.82) is 0 Å². The zero-order valence-corrected chi connectivity index (χ0v) is 9.01. The van der Waals surface area contributed by atoms with Gasteiger partial charge in [0.2, 0.25) is 0 Å². The summed E-state index contributed by atoms with van der Waals surface area (Å²) in [6.45, 7) is 7.34. The van der Waals surface area contributed by atoms with Crippen LogP contribution in [0.1, 0.15) is 33.6 Å². The van der Waals surface area contributed by atoms with Gasteiger partial charge in [0.05, 0.1) is 13.2 Å². The molecule has 0 aromatic heterocycles. The maximum atomic E-state index is 9.15. The molecular weight excluding hydrogens is 175 g/mol. The fourth-order valence-electron chi connectivity index (χ4n) is 0.516. The largest absolute Gasteiger partial charge is 0.329 e. The van der Waals surface area contributed by atoms with Gasteiger partial charge in [-0.25, -0.2) is 0 Å². The Morgan fingerprint density at radius 3 is 2.50 bits per heavy atom. The first-order valence-electron chi connectivity index (χ1n) is 4.45. The van der Waals surface area contributed by atoms with Crippen LogP contribution in [0.4, 0.5) is 0 Å². The van der Waals surface area contributed by atoms with Gasteiger partial charge < -0.3 is 13.9 Å². The summed E-state index contributed by atoms with van der Waals surface area (Å²) in [6, 6.07) is 0. The molecule has 74 valence electrons. The van der Waals surface area contributed by atoms with E-state index in [1.54, 1.807) is 0 Å². The predicted octanol–water partition coefficient (Wildman–Crippen LogP) is 2.69. The Hall–Kier alpha value is 0.310. The molecule has 12 heavy (non-hydrogen) atoms. The molecule has 0 aromatic rings. The Morgan fingerprint density at radius 1 is 1.33 bits per heavy atom. The molecule has 1 N–H and O–H groups in total. The maximum Gasteiger partial charge on any atom is 0.329 e. The lowest BCUT2D eigenvalue weighted by atomic mass is 10.1. The first-order chi connectivity index (χ1) is 5.70. The molecule has 0 aliphatic heterocycles. The van der Waals surface area contributed by atoms with Crippen molar-refractivity contribution in [1.82, 2.24) is 0 Å². The lowest BCUT2D eigenvalue weighted by Gasteiger charge is -2.12. The fourth-order valence-corrected chi connectivity index (χ4v) is 1.31. The van der Waals surface area contributed by atoms with Gasteiger partial charge in [-0.1, -0.05) is 27.2 Å². The average molecular weight is 194 g/mol. The lowest BCUT2D eigenvalue weighted by molar-refractivity contribution is 0.178. The van der Waals surface area contributed by atoms with Gasteiger partial charge in [-0.2, -0.15) is 0 Å². The second kappa shape index (κ2) is 7.93. The van der Waals surface area contributed by atoms with E-state index in [1.807, 2.05) is 6.92 Å². The van der Waals surface area contributed by atoms with E-state index in [2.05, 4.69) is 13.8 Å². The van der Waals surface area contributed by atoms with Crippen LogP contribution in [0.15, 0.2) is 0 Å². The second-order valence-corrected chi connectivity index (χ2v) is 3.87. The molecule has 0 heterocycles. The Bertz CT molecular complexity index is 100. The van der Waals surface area contributed by atoms with Crippen LogP contribution in [0.2, 0.25) is 0 Å². The van der Waals surface area contributed by atoms with Crippen molar-refractivity contribution >= 4 is 8.60 Å². The minimum absolute atomic E-state index is 0.493. The third-order valence-corrected chi connectivity index (χ3v) is 2.35. The molecule has 0 saturated carbocycles. The lowest BCUT2D eigenvalue weighted by Crippen LogP contribution is -2.02. The molecule has 0 amide bonds. The molecule has 0 bridgehead atoms. The highest BCUT2D eigenvalue weighted by Gasteiger charge is 2.07. The highest BCUT2D eigenvalue weighted by molar-refractivity contribution is 7.40. The smallest absolute Gasteiger partial charge is 0.328 e. The summed E-state index contributed by atoms with van der Waals surface area (Å²) in [7, 11) is -1.62. The van der Waals surface area contributed by atoms with Crippen LogP contribution >= 0.6 is 8.60 Å². The van der Waals surface area contributed by atoms with Gasteiger partial charge in [0.15, 0.2) is 0 Å². The Morgan fingerprint density at radius 2 is 2.00 bits per heavy atom. The fraction of sp³-hybridized carbons (Fsp3) is 1.00. The van der Waals surface area contributed by atoms with Crippen LogP contribution in [0.25, 0.3) is 0 Å². The van der Waals surface area contributed by atoms with Crippen molar-refractivity contribution < 1.29 is 13.9 Å². The highest BCUT2D eigenvalue weighted by Crippen LogP contribution is 2.33. The van der Waals surface area contributed by atoms with E-state index >= 15 is 0 Å². The van der Waals surface area contributed by atoms with E-state index in [1.165, 1.54) is 0 Å². The van der Waals surface area contributed by atoms with Crippen molar-refractivity contribution in [2.75, 3.05) is 13.2 Å². The van der Waals surface area contributed by atoms with Crippen LogP contribution in [-0.2, 0) is 9.05 Å². The summed E-state index contributed by atoms with van der Waals surface area (Å²) < 4.78 is 10.1. The molecular formula is C8H19O3P. The summed E-state index contributed by atoms with van der Waals surface area (Å²) in [5.41, 5.74) is 0. The average Bonchev–Trinajstić information content (AvgIpc) is 2.10. The third kappa shape index (κ3) is 6.99. The summed E-state index contributed by atoms with van der Waals surface area (Å²) in [5, 5.41) is 0. The summed E-state index contributed by atoms with van der Waals surface area (Å²) in [4.78, 5) is 9.15. The zero-order chi connectivity index (χ0) is 9.40. The van der Waals surface area contributed by atoms with Gasteiger partial charge >= 0.3 is 8.60 Å². The molecule has 0 aliphatic carbocycles. The van der Waals surface area contributed by atoms with Crippen molar-refractivity contribution in [2.24, 2.45) is 5.92 Å². The molecule has 0 radical (unpaired) electrons. The van der Waals surface area contributed by atoms with Gasteiger partial charge in [0.1, 0.15) is 0 Å². The van der Waals surface area contributed by atoms with Gasteiger partial charge in [-0.05, 0) is 12.3 Å². The second-order valence-electron chi connectivity index (χ2n) is 2.88. The molecule has 4 heteroatoms. The summed E-state index contributed by atoms with van der Waals surface area (Å²) in [6.07, 6.45) is 1.98. The number of rotatable bonds is 7. The topological polar surface area (TPSA) is 38.7 Å². The third-order valence-electron chi connectivity index (χ3n) is 1.57. The highest BCUT2D eigenvalue weighted by atomic mass is 31.2. The number of hydrogen-bond donors (Lipinski definition) is 1. The van der Waals surface area contributed by atoms with Gasteiger partial charge in [0, 0.05) is 0 Å². The van der Waals surface area contributed by atoms with Crippen molar-refractivity contribution in [2.45, 2.75) is 33.6 Å². The minimum Gasteiger partial charge on any atom is -0.328 e. The van der Waals surface area contributed by atoms with Crippen LogP contribution in [0, 0.1) is 5.92 Å². The van der Waals surface area contributed by atoms with E-state index in [4.69, 9.17) is 13.9 Å². The van der Waals surface area contributed by atoms with E-state index in [9.17, 15) is 0 Å². The number of hydrogen-bond acceptors (Lipinski definition) is 3. The van der Waals surface area contributed by atoms with Gasteiger partial charge in [-0.15, -0.1) is 0 Å². The van der Waals surface area contributed by atoms with E-state index in [-0.39, 0.29) is 0 Å². The standard InChI is InChI=1S/C8H19O3P/c1-4-6-10-12(9)11-7-8(3)5-2/h8-9H,4-7H2,1-3H3. The van der Waals surface area contributed by atoms with E-state index in [0.29, 0.717) is 19.1 Å². The Labute approximate surface area is 76.1 Å². The molecule has 3 nitrogen and oxygen atoms in total. The van der Waals surface area contributed by atoms with Gasteiger partial charge in [0.25, 0.3) is 0 Å². The molecule has 0 spiro atoms. The molecule has 2 atom stereocenters. The van der Waals surface area contributed by atoms with Crippen molar-refractivity contribution in [3.63, 3.8) is 0 Å². The Balaban J connectivity index is 3.24. The molecule has 0 rings (SSSR count). The van der Waals surface area contributed by atoms with E-state index < -0.39 is 8.60 Å². The van der Waals surface area contributed by atoms with Crippen LogP contribution in [0.5, 0.6) is 0 Å². The minimum atomic E-state index is -1.62.